The zero-order chi connectivity index (χ0) is 17.2. The van der Waals surface area contributed by atoms with Crippen LogP contribution in [-0.4, -0.2) is 49.8 Å². The third kappa shape index (κ3) is 19.7. The molecule has 0 aliphatic carbocycles. The maximum Gasteiger partial charge on any atom is 0.322 e. The average molecular weight is 422 g/mol. The molecule has 0 unspecified atom stereocenters. The first-order valence-corrected chi connectivity index (χ1v) is 14.6. The summed E-state index contributed by atoms with van der Waals surface area (Å²) in [6.45, 7) is 6.46. The van der Waals surface area contributed by atoms with Crippen molar-refractivity contribution in [2.45, 2.75) is 72.6 Å². The monoisotopic (exact) mass is 423 g/mol. The smallest absolute Gasteiger partial charge is 0.322 e. The van der Waals surface area contributed by atoms with Crippen molar-refractivity contribution in [2.24, 2.45) is 5.73 Å². The fourth-order valence-corrected chi connectivity index (χ4v) is 11.4. The molecule has 0 fully saturated rings. The molecule has 0 saturated heterocycles. The van der Waals surface area contributed by atoms with Crippen LogP contribution in [-0.2, 0) is 9.59 Å². The van der Waals surface area contributed by atoms with E-state index in [1.54, 1.807) is 13.3 Å². The van der Waals surface area contributed by atoms with Crippen molar-refractivity contribution in [1.29, 1.82) is 0 Å². The molecule has 0 saturated carbocycles. The van der Waals surface area contributed by atoms with E-state index >= 15 is 0 Å². The van der Waals surface area contributed by atoms with Crippen LogP contribution in [0, 0.1) is 0 Å². The number of hydrogen-bond donors (Lipinski definition) is 3. The van der Waals surface area contributed by atoms with Gasteiger partial charge in [-0.25, -0.2) is 0 Å². The van der Waals surface area contributed by atoms with Crippen LogP contribution < -0.4 is 11.1 Å². The van der Waals surface area contributed by atoms with Gasteiger partial charge in [-0.15, -0.1) is 0 Å². The predicted octanol–water partition coefficient (Wildman–Crippen LogP) is 3.03. The predicted molar refractivity (Wildman–Crippen MR) is 94.6 cm³/mol. The van der Waals surface area contributed by atoms with Crippen LogP contribution in [0.5, 0.6) is 0 Å². The van der Waals surface area contributed by atoms with Crippen molar-refractivity contribution in [1.82, 2.24) is 5.32 Å². The molecule has 4 N–H and O–H groups in total. The van der Waals surface area contributed by atoms with Gasteiger partial charge in [0.25, 0.3) is 0 Å². The molecule has 1 radical (unpaired) electrons. The van der Waals surface area contributed by atoms with Gasteiger partial charge < -0.3 is 16.2 Å². The molecule has 0 aromatic heterocycles. The Labute approximate surface area is 143 Å². The second-order valence-electron chi connectivity index (χ2n) is 5.44. The standard InChI is InChI=1S/C4H8N2O3.3C4H9.Sn/c5-1-3(7)6-2-4(8)9;3*1-3-4-2;/h1-2,5H2,(H,6,7)(H,8,9);3*1,3-4H2,2H3;. The second-order valence-corrected chi connectivity index (χ2v) is 14.0. The first-order valence-electron chi connectivity index (χ1n) is 8.53. The molecule has 0 aromatic carbocycles. The van der Waals surface area contributed by atoms with E-state index in [1.165, 1.54) is 38.5 Å². The van der Waals surface area contributed by atoms with E-state index in [4.69, 9.17) is 10.8 Å². The zero-order valence-corrected chi connectivity index (χ0v) is 17.5. The second kappa shape index (κ2) is 18.7. The summed E-state index contributed by atoms with van der Waals surface area (Å²) in [4.78, 5) is 20.0. The number of nitrogens with two attached hydrogens (primary N) is 1. The maximum atomic E-state index is 10.2. The van der Waals surface area contributed by atoms with Crippen molar-refractivity contribution in [3.05, 3.63) is 0 Å². The van der Waals surface area contributed by atoms with Crippen LogP contribution in [0.15, 0.2) is 0 Å². The summed E-state index contributed by atoms with van der Waals surface area (Å²) in [6, 6.07) is 0. The van der Waals surface area contributed by atoms with Crippen LogP contribution in [0.25, 0.3) is 0 Å². The van der Waals surface area contributed by atoms with Crippen LogP contribution in [0.3, 0.4) is 0 Å². The number of amides is 1. The topological polar surface area (TPSA) is 92.4 Å². The average Bonchev–Trinajstić information content (AvgIpc) is 2.52. The van der Waals surface area contributed by atoms with Gasteiger partial charge in [0, 0.05) is 0 Å². The molecule has 0 atom stereocenters. The Balaban J connectivity index is 0. The van der Waals surface area contributed by atoms with E-state index in [1.807, 2.05) is 0 Å². The Morgan fingerprint density at radius 1 is 0.955 bits per heavy atom. The van der Waals surface area contributed by atoms with Gasteiger partial charge in [0.2, 0.25) is 5.91 Å². The summed E-state index contributed by atoms with van der Waals surface area (Å²) < 4.78 is 5.04. The Morgan fingerprint density at radius 2 is 1.36 bits per heavy atom. The molecular formula is C16H35N2O3Sn. The van der Waals surface area contributed by atoms with Gasteiger partial charge >= 0.3 is 98.3 Å². The third-order valence-corrected chi connectivity index (χ3v) is 12.4. The molecule has 22 heavy (non-hydrogen) atoms. The SMILES string of the molecule is CCC[CH2][Sn]([CH2]CCC)[CH2]CCC.NCC(=O)NCC(=O)O. The van der Waals surface area contributed by atoms with Gasteiger partial charge in [0.15, 0.2) is 0 Å². The number of carbonyl (C=O) groups excluding carboxylic acids is 1. The van der Waals surface area contributed by atoms with Crippen LogP contribution >= 0.6 is 0 Å². The summed E-state index contributed by atoms with van der Waals surface area (Å²) in [6.07, 6.45) is 8.85. The summed E-state index contributed by atoms with van der Waals surface area (Å²) in [5, 5.41) is 10.1. The number of carboxylic acid groups (broad SMARTS) is 1. The number of carbonyl (C=O) groups is 2. The number of carboxylic acids is 1. The van der Waals surface area contributed by atoms with Crippen molar-refractivity contribution in [2.75, 3.05) is 13.1 Å². The Morgan fingerprint density at radius 3 is 1.64 bits per heavy atom. The molecule has 5 nitrogen and oxygen atoms in total. The molecule has 0 spiro atoms. The summed E-state index contributed by atoms with van der Waals surface area (Å²) in [5.41, 5.74) is 4.85. The number of nitrogens with one attached hydrogen (secondary N) is 1. The fourth-order valence-electron chi connectivity index (χ4n) is 1.90. The molecule has 0 heterocycles. The molecule has 6 heteroatoms. The first kappa shape index (κ1) is 24.0. The minimum Gasteiger partial charge on any atom is -0.480 e. The van der Waals surface area contributed by atoms with Gasteiger partial charge in [-0.3, -0.25) is 9.59 Å². The maximum absolute atomic E-state index is 10.2. The van der Waals surface area contributed by atoms with Crippen LogP contribution in [0.2, 0.25) is 13.3 Å². The summed E-state index contributed by atoms with van der Waals surface area (Å²) in [7, 11) is 0. The number of hydrogen-bond acceptors (Lipinski definition) is 3. The summed E-state index contributed by atoms with van der Waals surface area (Å²) >= 11 is -0.839. The molecule has 0 bridgehead atoms. The Kier molecular flexibility index (Phi) is 20.4. The molecule has 1 amide bonds. The van der Waals surface area contributed by atoms with Crippen molar-refractivity contribution in [3.8, 4) is 0 Å². The van der Waals surface area contributed by atoms with Crippen molar-refractivity contribution < 1.29 is 14.7 Å². The van der Waals surface area contributed by atoms with E-state index < -0.39 is 31.6 Å². The van der Waals surface area contributed by atoms with E-state index in [-0.39, 0.29) is 13.1 Å². The van der Waals surface area contributed by atoms with Crippen LogP contribution in [0.4, 0.5) is 0 Å². The molecule has 131 valence electrons. The van der Waals surface area contributed by atoms with Crippen molar-refractivity contribution in [3.63, 3.8) is 0 Å². The number of rotatable bonds is 12. The minimum absolute atomic E-state index is 0.173. The van der Waals surface area contributed by atoms with Gasteiger partial charge in [-0.05, 0) is 0 Å². The molecule has 0 aromatic rings. The molecule has 0 aliphatic rings. The van der Waals surface area contributed by atoms with E-state index in [0.717, 1.165) is 0 Å². The van der Waals surface area contributed by atoms with Gasteiger partial charge in [-0.1, -0.05) is 0 Å². The Hall–Kier alpha value is -0.301. The normalized spacial score (nSPS) is 10.0. The third-order valence-electron chi connectivity index (χ3n) is 3.27. The van der Waals surface area contributed by atoms with Gasteiger partial charge in [-0.2, -0.15) is 0 Å². The van der Waals surface area contributed by atoms with E-state index in [9.17, 15) is 9.59 Å². The summed E-state index contributed by atoms with van der Waals surface area (Å²) in [5.74, 6) is -1.53. The van der Waals surface area contributed by atoms with E-state index in [2.05, 4.69) is 26.1 Å². The quantitative estimate of drug-likeness (QED) is 0.422. The molecule has 0 rings (SSSR count). The largest absolute Gasteiger partial charge is 0.480 e. The minimum atomic E-state index is -1.07. The molecular weight excluding hydrogens is 387 g/mol. The van der Waals surface area contributed by atoms with Crippen molar-refractivity contribution >= 4 is 31.6 Å². The number of unbranched alkanes of at least 4 members (excludes halogenated alkanes) is 3. The molecule has 0 aliphatic heterocycles. The number of aliphatic carboxylic acids is 1. The van der Waals surface area contributed by atoms with Crippen LogP contribution in [0.1, 0.15) is 59.3 Å². The zero-order valence-electron chi connectivity index (χ0n) is 14.6. The first-order chi connectivity index (χ1) is 10.5. The van der Waals surface area contributed by atoms with Gasteiger partial charge in [0.1, 0.15) is 6.54 Å². The van der Waals surface area contributed by atoms with E-state index in [0.29, 0.717) is 0 Å². The Bertz CT molecular complexity index is 257. The van der Waals surface area contributed by atoms with Gasteiger partial charge in [0.05, 0.1) is 6.54 Å². The fraction of sp³-hybridized carbons (Fsp3) is 0.875.